The third kappa shape index (κ3) is 5.22. The highest BCUT2D eigenvalue weighted by atomic mass is 79.9. The second-order valence-corrected chi connectivity index (χ2v) is 6.44. The molecule has 0 aliphatic heterocycles. The minimum atomic E-state index is -0.603. The number of nitrogens with two attached hydrogens (primary N) is 1. The number of hydrogen-bond acceptors (Lipinski definition) is 3. The van der Waals surface area contributed by atoms with Gasteiger partial charge in [0, 0.05) is 5.69 Å². The molecule has 0 bridgehead atoms. The molecule has 1 rings (SSSR count). The molecule has 3 nitrogen and oxygen atoms in total. The van der Waals surface area contributed by atoms with Gasteiger partial charge in [-0.25, -0.2) is 0 Å². The monoisotopic (exact) mass is 299 g/mol. The van der Waals surface area contributed by atoms with E-state index in [1.807, 2.05) is 24.3 Å². The van der Waals surface area contributed by atoms with Crippen LogP contribution in [-0.4, -0.2) is 16.9 Å². The standard InChI is InChI=1S/C13H18BrNO2/c1-13(2,14)12(16)17-9-3-4-10-5-7-11(15)8-6-10/h5-8H,3-4,9,15H2,1-2H3. The largest absolute Gasteiger partial charge is 0.465 e. The molecule has 0 atom stereocenters. The number of aryl methyl sites for hydroxylation is 1. The van der Waals surface area contributed by atoms with Crippen LogP contribution in [0.3, 0.4) is 0 Å². The van der Waals surface area contributed by atoms with Crippen molar-refractivity contribution in [1.82, 2.24) is 0 Å². The Hall–Kier alpha value is -1.03. The molecule has 0 spiro atoms. The molecule has 0 aromatic heterocycles. The Morgan fingerprint density at radius 2 is 1.94 bits per heavy atom. The summed E-state index contributed by atoms with van der Waals surface area (Å²) in [5.41, 5.74) is 7.56. The van der Waals surface area contributed by atoms with Gasteiger partial charge in [-0.2, -0.15) is 0 Å². The average molecular weight is 300 g/mol. The highest BCUT2D eigenvalue weighted by molar-refractivity contribution is 9.10. The number of halogens is 1. The lowest BCUT2D eigenvalue weighted by Crippen LogP contribution is -2.26. The van der Waals surface area contributed by atoms with Gasteiger partial charge in [0.1, 0.15) is 4.32 Å². The van der Waals surface area contributed by atoms with E-state index in [9.17, 15) is 4.79 Å². The van der Waals surface area contributed by atoms with Crippen LogP contribution in [0.25, 0.3) is 0 Å². The van der Waals surface area contributed by atoms with E-state index < -0.39 is 4.32 Å². The van der Waals surface area contributed by atoms with Crippen LogP contribution in [0.15, 0.2) is 24.3 Å². The lowest BCUT2D eigenvalue weighted by atomic mass is 10.1. The number of benzene rings is 1. The van der Waals surface area contributed by atoms with Gasteiger partial charge < -0.3 is 10.5 Å². The van der Waals surface area contributed by atoms with Crippen molar-refractivity contribution >= 4 is 27.6 Å². The molecule has 0 saturated carbocycles. The molecule has 2 N–H and O–H groups in total. The Morgan fingerprint density at radius 3 is 2.47 bits per heavy atom. The topological polar surface area (TPSA) is 52.3 Å². The van der Waals surface area contributed by atoms with Crippen LogP contribution in [0, 0.1) is 0 Å². The SMILES string of the molecule is CC(C)(Br)C(=O)OCCCc1ccc(N)cc1. The molecular formula is C13H18BrNO2. The van der Waals surface area contributed by atoms with Crippen molar-refractivity contribution in [2.45, 2.75) is 31.0 Å². The van der Waals surface area contributed by atoms with E-state index in [0.717, 1.165) is 18.5 Å². The first-order valence-corrected chi connectivity index (χ1v) is 6.39. The van der Waals surface area contributed by atoms with Gasteiger partial charge in [-0.1, -0.05) is 28.1 Å². The van der Waals surface area contributed by atoms with E-state index in [1.54, 1.807) is 13.8 Å². The minimum Gasteiger partial charge on any atom is -0.465 e. The highest BCUT2D eigenvalue weighted by Gasteiger charge is 2.24. The van der Waals surface area contributed by atoms with Gasteiger partial charge in [0.2, 0.25) is 0 Å². The first kappa shape index (κ1) is 14.0. The minimum absolute atomic E-state index is 0.227. The Balaban J connectivity index is 2.25. The number of carbonyl (C=O) groups excluding carboxylic acids is 1. The first-order valence-electron chi connectivity index (χ1n) is 5.60. The Bertz CT molecular complexity index is 368. The Morgan fingerprint density at radius 1 is 1.35 bits per heavy atom. The Kier molecular flexibility index (Phi) is 5.00. The number of alkyl halides is 1. The van der Waals surface area contributed by atoms with Gasteiger partial charge in [0.25, 0.3) is 0 Å². The lowest BCUT2D eigenvalue weighted by molar-refractivity contribution is -0.145. The van der Waals surface area contributed by atoms with Gasteiger partial charge in [0.15, 0.2) is 0 Å². The second kappa shape index (κ2) is 6.05. The lowest BCUT2D eigenvalue weighted by Gasteiger charge is -2.14. The van der Waals surface area contributed by atoms with Gasteiger partial charge in [-0.15, -0.1) is 0 Å². The molecule has 1 aromatic rings. The molecule has 4 heteroatoms. The molecule has 0 aliphatic carbocycles. The summed E-state index contributed by atoms with van der Waals surface area (Å²) in [4.78, 5) is 11.4. The van der Waals surface area contributed by atoms with Crippen molar-refractivity contribution < 1.29 is 9.53 Å². The predicted octanol–water partition coefficient (Wildman–Crippen LogP) is 2.92. The van der Waals surface area contributed by atoms with Gasteiger partial charge in [-0.3, -0.25) is 4.79 Å². The number of ether oxygens (including phenoxy) is 1. The van der Waals surface area contributed by atoms with Crippen molar-refractivity contribution in [3.8, 4) is 0 Å². The summed E-state index contributed by atoms with van der Waals surface area (Å²) in [6.45, 7) is 3.99. The maximum atomic E-state index is 11.4. The molecule has 0 fully saturated rings. The third-order valence-electron chi connectivity index (χ3n) is 2.31. The zero-order valence-corrected chi connectivity index (χ0v) is 11.8. The van der Waals surface area contributed by atoms with Crippen LogP contribution in [-0.2, 0) is 16.0 Å². The van der Waals surface area contributed by atoms with Gasteiger partial charge in [-0.05, 0) is 44.4 Å². The van der Waals surface area contributed by atoms with E-state index in [4.69, 9.17) is 10.5 Å². The summed E-state index contributed by atoms with van der Waals surface area (Å²) in [7, 11) is 0. The first-order chi connectivity index (χ1) is 7.89. The molecular weight excluding hydrogens is 282 g/mol. The summed E-state index contributed by atoms with van der Waals surface area (Å²) in [6, 6.07) is 7.74. The van der Waals surface area contributed by atoms with Crippen LogP contribution in [0.1, 0.15) is 25.8 Å². The molecule has 0 heterocycles. The fourth-order valence-corrected chi connectivity index (χ4v) is 1.41. The number of hydrogen-bond donors (Lipinski definition) is 1. The van der Waals surface area contributed by atoms with Crippen LogP contribution in [0.4, 0.5) is 5.69 Å². The van der Waals surface area contributed by atoms with Crippen LogP contribution in [0.2, 0.25) is 0 Å². The fraction of sp³-hybridized carbons (Fsp3) is 0.462. The number of carbonyl (C=O) groups is 1. The zero-order valence-electron chi connectivity index (χ0n) is 10.2. The second-order valence-electron chi connectivity index (χ2n) is 4.45. The fourth-order valence-electron chi connectivity index (χ4n) is 1.30. The molecule has 0 unspecified atom stereocenters. The normalized spacial score (nSPS) is 11.2. The summed E-state index contributed by atoms with van der Waals surface area (Å²) < 4.78 is 4.54. The third-order valence-corrected chi connectivity index (χ3v) is 2.63. The van der Waals surface area contributed by atoms with E-state index in [1.165, 1.54) is 5.56 Å². The van der Waals surface area contributed by atoms with Crippen molar-refractivity contribution in [2.24, 2.45) is 0 Å². The molecule has 0 saturated heterocycles. The summed E-state index contributed by atoms with van der Waals surface area (Å²) in [5.74, 6) is -0.227. The maximum absolute atomic E-state index is 11.4. The summed E-state index contributed by atoms with van der Waals surface area (Å²) in [6.07, 6.45) is 1.70. The number of anilines is 1. The van der Waals surface area contributed by atoms with E-state index in [0.29, 0.717) is 6.61 Å². The average Bonchev–Trinajstić information content (AvgIpc) is 2.25. The zero-order chi connectivity index (χ0) is 12.9. The summed E-state index contributed by atoms with van der Waals surface area (Å²) >= 11 is 3.26. The van der Waals surface area contributed by atoms with E-state index >= 15 is 0 Å². The Labute approximate surface area is 110 Å². The number of esters is 1. The maximum Gasteiger partial charge on any atom is 0.322 e. The van der Waals surface area contributed by atoms with Gasteiger partial charge in [0.05, 0.1) is 6.61 Å². The predicted molar refractivity (Wildman–Crippen MR) is 73.1 cm³/mol. The number of nitrogen functional groups attached to an aromatic ring is 1. The van der Waals surface area contributed by atoms with Gasteiger partial charge >= 0.3 is 5.97 Å². The number of rotatable bonds is 5. The molecule has 17 heavy (non-hydrogen) atoms. The molecule has 1 aromatic carbocycles. The highest BCUT2D eigenvalue weighted by Crippen LogP contribution is 2.17. The van der Waals surface area contributed by atoms with Crippen LogP contribution < -0.4 is 5.73 Å². The smallest absolute Gasteiger partial charge is 0.322 e. The van der Waals surface area contributed by atoms with Crippen molar-refractivity contribution in [1.29, 1.82) is 0 Å². The van der Waals surface area contributed by atoms with Crippen molar-refractivity contribution in [2.75, 3.05) is 12.3 Å². The molecule has 0 radical (unpaired) electrons. The van der Waals surface area contributed by atoms with Crippen molar-refractivity contribution in [3.05, 3.63) is 29.8 Å². The van der Waals surface area contributed by atoms with E-state index in [2.05, 4.69) is 15.9 Å². The molecule has 94 valence electrons. The quantitative estimate of drug-likeness (QED) is 0.394. The molecule has 0 aliphatic rings. The van der Waals surface area contributed by atoms with Crippen LogP contribution >= 0.6 is 15.9 Å². The van der Waals surface area contributed by atoms with E-state index in [-0.39, 0.29) is 5.97 Å². The molecule has 0 amide bonds. The summed E-state index contributed by atoms with van der Waals surface area (Å²) in [5, 5.41) is 0. The van der Waals surface area contributed by atoms with Crippen molar-refractivity contribution in [3.63, 3.8) is 0 Å². The van der Waals surface area contributed by atoms with Crippen LogP contribution in [0.5, 0.6) is 0 Å².